The van der Waals surface area contributed by atoms with E-state index in [-0.39, 0.29) is 0 Å². The SMILES string of the molecule is CNC(=S)[C@]1(c2ccc3nccn3c2)CCCC[C@H]1O. The summed E-state index contributed by atoms with van der Waals surface area (Å²) in [6.07, 6.45) is 9.13. The predicted octanol–water partition coefficient (Wildman–Crippen LogP) is 2.05. The van der Waals surface area contributed by atoms with Crippen molar-refractivity contribution in [3.05, 3.63) is 36.3 Å². The first-order valence-corrected chi connectivity index (χ1v) is 7.43. The van der Waals surface area contributed by atoms with Crippen molar-refractivity contribution >= 4 is 22.9 Å². The molecule has 0 bridgehead atoms. The molecule has 20 heavy (non-hydrogen) atoms. The second-order valence-corrected chi connectivity index (χ2v) is 5.83. The molecule has 4 nitrogen and oxygen atoms in total. The molecule has 2 atom stereocenters. The highest BCUT2D eigenvalue weighted by atomic mass is 32.1. The van der Waals surface area contributed by atoms with Gasteiger partial charge in [0, 0.05) is 25.6 Å². The van der Waals surface area contributed by atoms with Crippen LogP contribution in [-0.2, 0) is 5.41 Å². The summed E-state index contributed by atoms with van der Waals surface area (Å²) < 4.78 is 1.98. The van der Waals surface area contributed by atoms with Gasteiger partial charge in [-0.25, -0.2) is 4.98 Å². The van der Waals surface area contributed by atoms with Gasteiger partial charge in [0.1, 0.15) is 5.65 Å². The van der Waals surface area contributed by atoms with Crippen LogP contribution in [0.1, 0.15) is 31.2 Å². The Bertz CT molecular complexity index is 639. The molecule has 1 fully saturated rings. The molecule has 2 heterocycles. The lowest BCUT2D eigenvalue weighted by Gasteiger charge is -2.42. The maximum Gasteiger partial charge on any atom is 0.136 e. The van der Waals surface area contributed by atoms with Crippen LogP contribution in [0.2, 0.25) is 0 Å². The van der Waals surface area contributed by atoms with Gasteiger partial charge in [0.25, 0.3) is 0 Å². The smallest absolute Gasteiger partial charge is 0.136 e. The molecule has 0 aromatic carbocycles. The van der Waals surface area contributed by atoms with Gasteiger partial charge in [-0.2, -0.15) is 0 Å². The van der Waals surface area contributed by atoms with Crippen LogP contribution in [-0.4, -0.2) is 32.6 Å². The number of fused-ring (bicyclic) bond motifs is 1. The fourth-order valence-corrected chi connectivity index (χ4v) is 3.65. The van der Waals surface area contributed by atoms with Crippen LogP contribution in [0.25, 0.3) is 5.65 Å². The number of rotatable bonds is 2. The van der Waals surface area contributed by atoms with Crippen molar-refractivity contribution in [2.24, 2.45) is 0 Å². The van der Waals surface area contributed by atoms with Gasteiger partial charge in [0.15, 0.2) is 0 Å². The molecule has 1 saturated carbocycles. The highest BCUT2D eigenvalue weighted by Crippen LogP contribution is 2.40. The monoisotopic (exact) mass is 289 g/mol. The van der Waals surface area contributed by atoms with E-state index in [4.69, 9.17) is 12.2 Å². The highest BCUT2D eigenvalue weighted by molar-refractivity contribution is 7.80. The van der Waals surface area contributed by atoms with E-state index in [2.05, 4.69) is 10.3 Å². The number of pyridine rings is 1. The maximum atomic E-state index is 10.6. The van der Waals surface area contributed by atoms with Crippen molar-refractivity contribution in [2.45, 2.75) is 37.2 Å². The van der Waals surface area contributed by atoms with Gasteiger partial charge < -0.3 is 14.8 Å². The number of thiocarbonyl (C=S) groups is 1. The first kappa shape index (κ1) is 13.5. The van der Waals surface area contributed by atoms with Crippen LogP contribution in [0.5, 0.6) is 0 Å². The molecule has 2 aromatic rings. The van der Waals surface area contributed by atoms with E-state index in [1.807, 2.05) is 36.0 Å². The van der Waals surface area contributed by atoms with Gasteiger partial charge in [-0.3, -0.25) is 0 Å². The van der Waals surface area contributed by atoms with Crippen LogP contribution < -0.4 is 5.32 Å². The third-order valence-electron chi connectivity index (χ3n) is 4.40. The lowest BCUT2D eigenvalue weighted by molar-refractivity contribution is 0.0776. The molecular formula is C15H19N3OS. The van der Waals surface area contributed by atoms with Crippen molar-refractivity contribution in [3.8, 4) is 0 Å². The molecule has 3 rings (SSSR count). The summed E-state index contributed by atoms with van der Waals surface area (Å²) in [4.78, 5) is 4.99. The number of imidazole rings is 1. The Morgan fingerprint density at radius 2 is 2.35 bits per heavy atom. The molecule has 2 aromatic heterocycles. The number of aliphatic hydroxyl groups excluding tert-OH is 1. The van der Waals surface area contributed by atoms with E-state index in [0.717, 1.165) is 41.9 Å². The fourth-order valence-electron chi connectivity index (χ4n) is 3.29. The maximum absolute atomic E-state index is 10.6. The van der Waals surface area contributed by atoms with Gasteiger partial charge in [-0.05, 0) is 24.5 Å². The number of aromatic nitrogens is 2. The predicted molar refractivity (Wildman–Crippen MR) is 83.0 cm³/mol. The topological polar surface area (TPSA) is 49.6 Å². The van der Waals surface area contributed by atoms with Crippen molar-refractivity contribution in [2.75, 3.05) is 7.05 Å². The molecule has 2 N–H and O–H groups in total. The molecule has 5 heteroatoms. The van der Waals surface area contributed by atoms with E-state index >= 15 is 0 Å². The first-order chi connectivity index (χ1) is 9.68. The quantitative estimate of drug-likeness (QED) is 0.831. The zero-order valence-electron chi connectivity index (χ0n) is 11.5. The van der Waals surface area contributed by atoms with E-state index in [9.17, 15) is 5.11 Å². The van der Waals surface area contributed by atoms with Gasteiger partial charge in [-0.1, -0.05) is 31.1 Å². The Labute approximate surface area is 123 Å². The lowest BCUT2D eigenvalue weighted by Crippen LogP contribution is -2.52. The number of hydrogen-bond acceptors (Lipinski definition) is 3. The number of likely N-dealkylation sites (N-methyl/N-ethyl adjacent to an activating group) is 1. The van der Waals surface area contributed by atoms with Crippen LogP contribution >= 0.6 is 12.2 Å². The Hall–Kier alpha value is -1.46. The van der Waals surface area contributed by atoms with Crippen molar-refractivity contribution in [1.82, 2.24) is 14.7 Å². The molecule has 1 aliphatic carbocycles. The van der Waals surface area contributed by atoms with Crippen molar-refractivity contribution < 1.29 is 5.11 Å². The lowest BCUT2D eigenvalue weighted by atomic mass is 9.67. The second-order valence-electron chi connectivity index (χ2n) is 5.42. The minimum Gasteiger partial charge on any atom is -0.392 e. The van der Waals surface area contributed by atoms with Crippen molar-refractivity contribution in [1.29, 1.82) is 0 Å². The Kier molecular flexibility index (Phi) is 3.48. The van der Waals surface area contributed by atoms with Gasteiger partial charge in [0.2, 0.25) is 0 Å². The zero-order chi connectivity index (χ0) is 14.2. The molecular weight excluding hydrogens is 270 g/mol. The summed E-state index contributed by atoms with van der Waals surface area (Å²) in [5, 5.41) is 13.7. The van der Waals surface area contributed by atoms with Gasteiger partial charge in [0.05, 0.1) is 16.5 Å². The third kappa shape index (κ3) is 1.93. The van der Waals surface area contributed by atoms with Gasteiger partial charge >= 0.3 is 0 Å². The summed E-state index contributed by atoms with van der Waals surface area (Å²) in [5.41, 5.74) is 1.50. The first-order valence-electron chi connectivity index (χ1n) is 7.02. The third-order valence-corrected chi connectivity index (χ3v) is 4.97. The normalized spacial score (nSPS) is 26.6. The summed E-state index contributed by atoms with van der Waals surface area (Å²) in [6, 6.07) is 4.02. The van der Waals surface area contributed by atoms with Crippen LogP contribution in [0.3, 0.4) is 0 Å². The van der Waals surface area contributed by atoms with E-state index < -0.39 is 11.5 Å². The molecule has 0 spiro atoms. The number of nitrogens with zero attached hydrogens (tertiary/aromatic N) is 2. The molecule has 0 amide bonds. The Morgan fingerprint density at radius 1 is 1.50 bits per heavy atom. The Balaban J connectivity index is 2.14. The minimum atomic E-state index is -0.471. The van der Waals surface area contributed by atoms with Crippen LogP contribution in [0.4, 0.5) is 0 Å². The molecule has 1 aliphatic rings. The summed E-state index contributed by atoms with van der Waals surface area (Å²) >= 11 is 5.55. The Morgan fingerprint density at radius 3 is 3.10 bits per heavy atom. The largest absolute Gasteiger partial charge is 0.392 e. The van der Waals surface area contributed by atoms with E-state index in [0.29, 0.717) is 0 Å². The molecule has 106 valence electrons. The highest BCUT2D eigenvalue weighted by Gasteiger charge is 2.45. The van der Waals surface area contributed by atoms with Crippen molar-refractivity contribution in [3.63, 3.8) is 0 Å². The zero-order valence-corrected chi connectivity index (χ0v) is 12.4. The average Bonchev–Trinajstić information content (AvgIpc) is 2.94. The molecule has 0 unspecified atom stereocenters. The average molecular weight is 289 g/mol. The second kappa shape index (κ2) is 5.14. The molecule has 0 aliphatic heterocycles. The summed E-state index contributed by atoms with van der Waals surface area (Å²) in [6.45, 7) is 0. The molecule has 0 saturated heterocycles. The summed E-state index contributed by atoms with van der Waals surface area (Å²) in [5.74, 6) is 0. The number of hydrogen-bond donors (Lipinski definition) is 2. The fraction of sp³-hybridized carbons (Fsp3) is 0.467. The van der Waals surface area contributed by atoms with E-state index in [1.54, 1.807) is 6.20 Å². The standard InChI is InChI=1S/C15H19N3OS/c1-16-14(20)15(7-3-2-4-12(15)19)11-5-6-13-17-8-9-18(13)10-11/h5-6,8-10,12,19H,2-4,7H2,1H3,(H,16,20)/t12-,15+/m1/s1. The minimum absolute atomic E-state index is 0.433. The van der Waals surface area contributed by atoms with Crippen LogP contribution in [0.15, 0.2) is 30.7 Å². The number of aliphatic hydroxyl groups is 1. The van der Waals surface area contributed by atoms with E-state index in [1.165, 1.54) is 0 Å². The summed E-state index contributed by atoms with van der Waals surface area (Å²) in [7, 11) is 1.83. The van der Waals surface area contributed by atoms with Gasteiger partial charge in [-0.15, -0.1) is 0 Å². The number of nitrogens with one attached hydrogen (secondary N) is 1. The van der Waals surface area contributed by atoms with Crippen LogP contribution in [0, 0.1) is 0 Å². The molecule has 0 radical (unpaired) electrons.